The van der Waals surface area contributed by atoms with Gasteiger partial charge in [-0.05, 0) is 57.4 Å². The second-order valence-corrected chi connectivity index (χ2v) is 8.64. The van der Waals surface area contributed by atoms with Gasteiger partial charge in [-0.1, -0.05) is 13.8 Å². The summed E-state index contributed by atoms with van der Waals surface area (Å²) in [5.74, 6) is 0. The Balaban J connectivity index is 2.23. The molecule has 0 aliphatic carbocycles. The van der Waals surface area contributed by atoms with Gasteiger partial charge < -0.3 is 17.6 Å². The van der Waals surface area contributed by atoms with Crippen molar-refractivity contribution in [3.8, 4) is 0 Å². The third-order valence-electron chi connectivity index (χ3n) is 6.33. The number of nitrogens with zero attached hydrogens (tertiary/aromatic N) is 3. The van der Waals surface area contributed by atoms with Crippen LogP contribution in [0.4, 0.5) is 8.63 Å². The average molecular weight is 401 g/mol. The number of hydrogen-bond acceptors (Lipinski definition) is 2. The van der Waals surface area contributed by atoms with Gasteiger partial charge in [0.05, 0.1) is 5.57 Å². The molecule has 2 aliphatic heterocycles. The predicted octanol–water partition coefficient (Wildman–Crippen LogP) is 5.64. The number of allylic oxidation sites excluding steroid dienone is 2. The number of aromatic nitrogens is 2. The average Bonchev–Trinajstić information content (AvgIpc) is 3.24. The fourth-order valence-electron chi connectivity index (χ4n) is 5.15. The predicted molar refractivity (Wildman–Crippen MR) is 113 cm³/mol. The van der Waals surface area contributed by atoms with Gasteiger partial charge in [-0.2, -0.15) is 0 Å². The topological polar surface area (TPSA) is 20.8 Å². The largest absolute Gasteiger partial charge is 0.737 e. The number of thiazole rings is 1. The molecule has 0 bridgehead atoms. The zero-order valence-corrected chi connectivity index (χ0v) is 18.4. The van der Waals surface area contributed by atoms with Gasteiger partial charge in [-0.3, -0.25) is 0 Å². The molecular formula is C21H26BF2N3S. The number of fused-ring (bicyclic) bond motifs is 2. The van der Waals surface area contributed by atoms with Crippen LogP contribution >= 0.6 is 11.3 Å². The third kappa shape index (κ3) is 2.25. The van der Waals surface area contributed by atoms with Crippen LogP contribution in [0.25, 0.3) is 5.57 Å². The highest BCUT2D eigenvalue weighted by atomic mass is 32.1. The second-order valence-electron chi connectivity index (χ2n) is 7.78. The minimum atomic E-state index is -3.96. The van der Waals surface area contributed by atoms with Gasteiger partial charge in [0.25, 0.3) is 0 Å². The molecule has 3 nitrogen and oxygen atoms in total. The Bertz CT molecular complexity index is 1120. The molecule has 7 heteroatoms. The first kappa shape index (κ1) is 19.3. The first-order chi connectivity index (χ1) is 13.2. The molecule has 0 radical (unpaired) electrons. The highest BCUT2D eigenvalue weighted by Gasteiger charge is 2.57. The van der Waals surface area contributed by atoms with Gasteiger partial charge in [0.15, 0.2) is 5.70 Å². The molecule has 2 aliphatic rings. The summed E-state index contributed by atoms with van der Waals surface area (Å²) in [4.78, 5) is 4.71. The fraction of sp³-hybridized carbons (Fsp3) is 0.429. The van der Waals surface area contributed by atoms with Crippen LogP contribution in [0.3, 0.4) is 0 Å². The van der Waals surface area contributed by atoms with E-state index in [9.17, 15) is 0 Å². The Hall–Kier alpha value is -2.02. The first-order valence-electron chi connectivity index (χ1n) is 9.89. The van der Waals surface area contributed by atoms with Crippen molar-refractivity contribution in [1.29, 1.82) is 0 Å². The lowest BCUT2D eigenvalue weighted by Crippen LogP contribution is -2.51. The van der Waals surface area contributed by atoms with Crippen LogP contribution in [0.1, 0.15) is 67.3 Å². The molecule has 148 valence electrons. The molecule has 0 spiro atoms. The maximum absolute atomic E-state index is 16.0. The van der Waals surface area contributed by atoms with E-state index in [0.717, 1.165) is 51.4 Å². The molecule has 4 rings (SSSR count). The van der Waals surface area contributed by atoms with Gasteiger partial charge in [-0.25, -0.2) is 4.98 Å². The minimum Gasteiger partial charge on any atom is -0.393 e. The van der Waals surface area contributed by atoms with Gasteiger partial charge in [0.1, 0.15) is 10.7 Å². The van der Waals surface area contributed by atoms with Crippen LogP contribution in [0.15, 0.2) is 22.2 Å². The summed E-state index contributed by atoms with van der Waals surface area (Å²) in [5.41, 5.74) is 8.32. The van der Waals surface area contributed by atoms with E-state index >= 15 is 8.63 Å². The summed E-state index contributed by atoms with van der Waals surface area (Å²) < 4.78 is 34.7. The minimum absolute atomic E-state index is 0.643. The molecule has 0 saturated carbocycles. The lowest BCUT2D eigenvalue weighted by molar-refractivity contribution is -0.363. The van der Waals surface area contributed by atoms with Crippen LogP contribution in [0.2, 0.25) is 0 Å². The van der Waals surface area contributed by atoms with Crippen LogP contribution in [0, 0.1) is 20.8 Å². The highest BCUT2D eigenvalue weighted by molar-refractivity contribution is 7.11. The zero-order valence-electron chi connectivity index (χ0n) is 17.6. The monoisotopic (exact) mass is 401 g/mol. The van der Waals surface area contributed by atoms with Crippen molar-refractivity contribution < 1.29 is 13.1 Å². The van der Waals surface area contributed by atoms with Crippen LogP contribution < -0.4 is 0 Å². The van der Waals surface area contributed by atoms with Crippen molar-refractivity contribution in [3.05, 3.63) is 55.4 Å². The summed E-state index contributed by atoms with van der Waals surface area (Å²) in [6.45, 7) is 9.67. The fourth-order valence-corrected chi connectivity index (χ4v) is 5.99. The Morgan fingerprint density at radius 3 is 2.32 bits per heavy atom. The summed E-state index contributed by atoms with van der Waals surface area (Å²) in [6, 6.07) is 0. The van der Waals surface area contributed by atoms with E-state index in [4.69, 9.17) is 4.98 Å². The Morgan fingerprint density at radius 2 is 1.79 bits per heavy atom. The van der Waals surface area contributed by atoms with E-state index in [1.54, 1.807) is 0 Å². The Morgan fingerprint density at radius 1 is 1.11 bits per heavy atom. The molecule has 0 atom stereocenters. The van der Waals surface area contributed by atoms with Gasteiger partial charge >= 0.3 is 6.97 Å². The second kappa shape index (κ2) is 6.24. The Labute approximate surface area is 169 Å². The number of rotatable bonds is 3. The molecule has 2 aromatic heterocycles. The van der Waals surface area contributed by atoms with E-state index in [0.29, 0.717) is 22.8 Å². The molecular weight excluding hydrogens is 375 g/mol. The lowest BCUT2D eigenvalue weighted by Gasteiger charge is -2.33. The zero-order chi connectivity index (χ0) is 20.5. The summed E-state index contributed by atoms with van der Waals surface area (Å²) in [5, 5.41) is 2.81. The van der Waals surface area contributed by atoms with Gasteiger partial charge in [0.2, 0.25) is 0 Å². The van der Waals surface area contributed by atoms with Crippen molar-refractivity contribution in [2.24, 2.45) is 0 Å². The molecule has 0 unspecified atom stereocenters. The van der Waals surface area contributed by atoms with E-state index < -0.39 is 6.97 Å². The van der Waals surface area contributed by atoms with E-state index in [-0.39, 0.29) is 0 Å². The molecule has 0 fully saturated rings. The molecule has 4 heterocycles. The highest BCUT2D eigenvalue weighted by Crippen LogP contribution is 2.47. The number of hydrogen-bond donors (Lipinski definition) is 0. The van der Waals surface area contributed by atoms with Crippen molar-refractivity contribution in [1.82, 2.24) is 9.46 Å². The van der Waals surface area contributed by atoms with Crippen LogP contribution in [-0.4, -0.2) is 26.6 Å². The van der Waals surface area contributed by atoms with Crippen molar-refractivity contribution >= 4 is 29.6 Å². The molecule has 0 saturated heterocycles. The summed E-state index contributed by atoms with van der Waals surface area (Å²) in [6.07, 6.45) is 1.47. The van der Waals surface area contributed by atoms with Gasteiger partial charge in [-0.15, -0.1) is 11.3 Å². The van der Waals surface area contributed by atoms with E-state index in [2.05, 4.69) is 0 Å². The standard InChI is InChI=1S/C21H26BF2N3S/c1-8-16-12(4)19-18(21-25-11(3)10-28-21)20-13(5)17(9-2)15(7)27(20)22(23,24)26(19)14(16)6/h10H,8-9H2,1-7H3. The maximum atomic E-state index is 16.0. The lowest BCUT2D eigenvalue weighted by atomic mass is 9.86. The molecule has 0 aromatic carbocycles. The normalized spacial score (nSPS) is 18.3. The number of aryl methyl sites for hydroxylation is 1. The molecule has 0 amide bonds. The summed E-state index contributed by atoms with van der Waals surface area (Å²) in [7, 11) is 0. The van der Waals surface area contributed by atoms with Crippen molar-refractivity contribution in [3.63, 3.8) is 0 Å². The molecule has 2 aromatic rings. The number of halogens is 2. The van der Waals surface area contributed by atoms with Crippen LogP contribution in [0.5, 0.6) is 0 Å². The van der Waals surface area contributed by atoms with Crippen molar-refractivity contribution in [2.75, 3.05) is 0 Å². The Kier molecular flexibility index (Phi) is 4.30. The van der Waals surface area contributed by atoms with Crippen molar-refractivity contribution in [2.45, 2.75) is 61.3 Å². The SMILES string of the molecule is CCC1=C(C)C2=C(c3nc(C)cs3)c3c(C)c(CC)c(C)n3[B-](F)(F)[N+]2=C1C. The van der Waals surface area contributed by atoms with E-state index in [1.807, 2.05) is 53.8 Å². The van der Waals surface area contributed by atoms with E-state index in [1.165, 1.54) is 20.3 Å². The third-order valence-corrected chi connectivity index (χ3v) is 7.31. The summed E-state index contributed by atoms with van der Waals surface area (Å²) >= 11 is 1.53. The smallest absolute Gasteiger partial charge is 0.393 e. The maximum Gasteiger partial charge on any atom is 0.737 e. The quantitative estimate of drug-likeness (QED) is 0.610. The molecule has 28 heavy (non-hydrogen) atoms. The van der Waals surface area contributed by atoms with Gasteiger partial charge in [0, 0.05) is 34.8 Å². The first-order valence-corrected chi connectivity index (χ1v) is 10.8. The molecule has 0 N–H and O–H groups in total. The van der Waals surface area contributed by atoms with Crippen LogP contribution in [-0.2, 0) is 6.42 Å².